The van der Waals surface area contributed by atoms with Crippen LogP contribution in [0.5, 0.6) is 11.5 Å². The van der Waals surface area contributed by atoms with Gasteiger partial charge in [0.25, 0.3) is 0 Å². The first-order chi connectivity index (χ1) is 27.6. The summed E-state index contributed by atoms with van der Waals surface area (Å²) in [6, 6.07) is 4.30. The molecule has 2 saturated carbocycles. The molecule has 0 aliphatic heterocycles. The lowest BCUT2D eigenvalue weighted by atomic mass is 9.44. The van der Waals surface area contributed by atoms with E-state index in [0.717, 1.165) is 56.1 Å². The van der Waals surface area contributed by atoms with Gasteiger partial charge in [0.15, 0.2) is 0 Å². The van der Waals surface area contributed by atoms with Gasteiger partial charge in [-0.05, 0) is 161 Å². The minimum Gasteiger partial charge on any atom is -0.508 e. The van der Waals surface area contributed by atoms with Crippen molar-refractivity contribution >= 4 is 11.8 Å². The Morgan fingerprint density at radius 3 is 2.34 bits per heavy atom. The van der Waals surface area contributed by atoms with Crippen molar-refractivity contribution in [3.05, 3.63) is 82.0 Å². The molecule has 8 heteroatoms. The highest BCUT2D eigenvalue weighted by Crippen LogP contribution is 2.71. The van der Waals surface area contributed by atoms with Crippen molar-refractivity contribution in [1.29, 1.82) is 0 Å². The molecule has 326 valence electrons. The maximum Gasteiger partial charge on any atom is 0.334 e. The van der Waals surface area contributed by atoms with Crippen molar-refractivity contribution in [2.75, 3.05) is 13.2 Å². The quantitative estimate of drug-likeness (QED) is 0.0453. The van der Waals surface area contributed by atoms with E-state index in [2.05, 4.69) is 59.8 Å². The standard InChI is InChI=1S/C51H74O8/c1-33(12-10-14-34(2)31-52)13-11-15-36(17-18-37-30-38(54)19-21-42(37)55)46(57)59-45(51(9,58)32-53)23-16-35(3)39-24-28-50(8)41-20-22-43-47(4,5)44(56)26-27-48(43,6)40(41)25-29-49(39,50)7/h13-14,17,19-21,25,30,35,39,43,45,52-55,58H,10-12,15-16,18,22-24,26-29,31-32H2,1-9H3/t35-,39-,43+,45+,48-,49-,50+,51+/m1/s1. The van der Waals surface area contributed by atoms with Crippen LogP contribution in [0.2, 0.25) is 0 Å². The number of aliphatic hydroxyl groups is 3. The number of rotatable bonds is 17. The van der Waals surface area contributed by atoms with Gasteiger partial charge in [-0.15, -0.1) is 0 Å². The Kier molecular flexibility index (Phi) is 14.4. The third-order valence-corrected chi connectivity index (χ3v) is 16.0. The molecule has 4 aliphatic rings. The molecule has 5 rings (SSSR count). The lowest BCUT2D eigenvalue weighted by molar-refractivity contribution is -0.165. The second-order valence-corrected chi connectivity index (χ2v) is 20.2. The lowest BCUT2D eigenvalue weighted by Gasteiger charge is -2.59. The number of aromatic hydroxyl groups is 2. The van der Waals surface area contributed by atoms with Crippen LogP contribution in [0, 0.1) is 39.4 Å². The molecule has 1 aromatic carbocycles. The van der Waals surface area contributed by atoms with Gasteiger partial charge < -0.3 is 30.3 Å². The summed E-state index contributed by atoms with van der Waals surface area (Å²) in [5.74, 6) is 0.813. The van der Waals surface area contributed by atoms with E-state index >= 15 is 0 Å². The molecule has 0 aromatic heterocycles. The Labute approximate surface area is 354 Å². The van der Waals surface area contributed by atoms with E-state index in [1.54, 1.807) is 6.08 Å². The Balaban J connectivity index is 1.32. The van der Waals surface area contributed by atoms with Gasteiger partial charge in [-0.1, -0.05) is 83.1 Å². The maximum atomic E-state index is 14.1. The first kappa shape index (κ1) is 46.6. The van der Waals surface area contributed by atoms with E-state index in [1.165, 1.54) is 36.3 Å². The fraction of sp³-hybridized carbons (Fsp3) is 0.647. The summed E-state index contributed by atoms with van der Waals surface area (Å²) in [5, 5.41) is 51.6. The number of carbonyl (C=O) groups excluding carboxylic acids is 2. The summed E-state index contributed by atoms with van der Waals surface area (Å²) in [4.78, 5) is 27.1. The Hall–Kier alpha value is -3.46. The highest BCUT2D eigenvalue weighted by Gasteiger charge is 2.63. The first-order valence-corrected chi connectivity index (χ1v) is 22.3. The monoisotopic (exact) mass is 815 g/mol. The molecule has 0 amide bonds. The fourth-order valence-corrected chi connectivity index (χ4v) is 11.6. The SMILES string of the molecule is CC(=CCCC(C)=CCCC(=CCc1cc(O)ccc1O)C(=O)O[C@@H](CC[C@@H](C)[C@H]1CC[C@@]2(C)C3=CC[C@H]4C(C)(C)C(=O)CC[C@]4(C)C3=CC[C@]12C)[C@@](C)(O)CO)CO. The third kappa shape index (κ3) is 9.40. The normalized spacial score (nSPS) is 30.3. The van der Waals surface area contributed by atoms with Gasteiger partial charge in [0.1, 0.15) is 29.0 Å². The van der Waals surface area contributed by atoms with Crippen molar-refractivity contribution in [3.63, 3.8) is 0 Å². The highest BCUT2D eigenvalue weighted by molar-refractivity contribution is 5.88. The van der Waals surface area contributed by atoms with Crippen LogP contribution in [0.1, 0.15) is 145 Å². The number of phenolic OH excluding ortho intramolecular Hbond substituents is 2. The lowest BCUT2D eigenvalue weighted by Crippen LogP contribution is -2.53. The molecular formula is C51H74O8. The molecule has 5 N–H and O–H groups in total. The van der Waals surface area contributed by atoms with Crippen LogP contribution in [0.4, 0.5) is 0 Å². The molecule has 59 heavy (non-hydrogen) atoms. The number of hydrogen-bond donors (Lipinski definition) is 5. The van der Waals surface area contributed by atoms with Crippen LogP contribution in [-0.4, -0.2) is 62.2 Å². The Bertz CT molecular complexity index is 1880. The molecular weight excluding hydrogens is 741 g/mol. The molecule has 2 fully saturated rings. The topological polar surface area (TPSA) is 145 Å². The Morgan fingerprint density at radius 1 is 0.949 bits per heavy atom. The number of allylic oxidation sites excluding steroid dienone is 8. The van der Waals surface area contributed by atoms with E-state index < -0.39 is 24.3 Å². The first-order valence-electron chi connectivity index (χ1n) is 22.3. The zero-order valence-electron chi connectivity index (χ0n) is 37.5. The molecule has 0 heterocycles. The molecule has 0 bridgehead atoms. The summed E-state index contributed by atoms with van der Waals surface area (Å²) >= 11 is 0. The van der Waals surface area contributed by atoms with Gasteiger partial charge in [0, 0.05) is 23.0 Å². The zero-order chi connectivity index (χ0) is 43.6. The van der Waals surface area contributed by atoms with E-state index in [-0.39, 0.29) is 52.1 Å². The number of Topliss-reactive ketones (excluding diaryl/α,β-unsaturated/α-hetero) is 1. The van der Waals surface area contributed by atoms with Crippen molar-refractivity contribution in [2.45, 2.75) is 157 Å². The van der Waals surface area contributed by atoms with Crippen LogP contribution in [0.25, 0.3) is 0 Å². The number of hydrogen-bond acceptors (Lipinski definition) is 8. The number of aliphatic hydroxyl groups excluding tert-OH is 2. The molecule has 0 saturated heterocycles. The van der Waals surface area contributed by atoms with Crippen LogP contribution < -0.4 is 0 Å². The summed E-state index contributed by atoms with van der Waals surface area (Å²) in [6.07, 6.45) is 19.4. The van der Waals surface area contributed by atoms with Gasteiger partial charge in [0.2, 0.25) is 0 Å². The largest absolute Gasteiger partial charge is 0.508 e. The molecule has 0 unspecified atom stereocenters. The molecule has 0 radical (unpaired) electrons. The van der Waals surface area contributed by atoms with Crippen LogP contribution in [0.15, 0.2) is 76.4 Å². The number of fused-ring (bicyclic) bond motifs is 5. The number of carbonyl (C=O) groups is 2. The summed E-state index contributed by atoms with van der Waals surface area (Å²) in [6.45, 7) is 18.9. The predicted molar refractivity (Wildman–Crippen MR) is 235 cm³/mol. The highest BCUT2D eigenvalue weighted by atomic mass is 16.6. The summed E-state index contributed by atoms with van der Waals surface area (Å²) in [7, 11) is 0. The minimum absolute atomic E-state index is 0.00356. The van der Waals surface area contributed by atoms with E-state index in [1.807, 2.05) is 19.9 Å². The van der Waals surface area contributed by atoms with Crippen molar-refractivity contribution in [2.24, 2.45) is 39.4 Å². The molecule has 8 atom stereocenters. The Morgan fingerprint density at radius 2 is 1.64 bits per heavy atom. The van der Waals surface area contributed by atoms with Crippen molar-refractivity contribution in [3.8, 4) is 11.5 Å². The fourth-order valence-electron chi connectivity index (χ4n) is 11.6. The van der Waals surface area contributed by atoms with Gasteiger partial charge in [0.05, 0.1) is 13.2 Å². The van der Waals surface area contributed by atoms with Crippen LogP contribution in [-0.2, 0) is 20.7 Å². The number of phenols is 2. The molecule has 1 aromatic rings. The van der Waals surface area contributed by atoms with Gasteiger partial charge in [-0.25, -0.2) is 4.79 Å². The molecule has 8 nitrogen and oxygen atoms in total. The number of benzene rings is 1. The second kappa shape index (κ2) is 18.3. The van der Waals surface area contributed by atoms with E-state index in [4.69, 9.17) is 4.74 Å². The van der Waals surface area contributed by atoms with Crippen molar-refractivity contribution < 1.29 is 39.9 Å². The van der Waals surface area contributed by atoms with Gasteiger partial charge in [-0.3, -0.25) is 4.79 Å². The van der Waals surface area contributed by atoms with Gasteiger partial charge in [-0.2, -0.15) is 0 Å². The molecule has 0 spiro atoms. The van der Waals surface area contributed by atoms with Crippen molar-refractivity contribution in [1.82, 2.24) is 0 Å². The maximum absolute atomic E-state index is 14.1. The second-order valence-electron chi connectivity index (χ2n) is 20.2. The van der Waals surface area contributed by atoms with Gasteiger partial charge >= 0.3 is 5.97 Å². The van der Waals surface area contributed by atoms with Crippen LogP contribution >= 0.6 is 0 Å². The van der Waals surface area contributed by atoms with E-state index in [9.17, 15) is 35.1 Å². The molecule has 4 aliphatic carbocycles. The summed E-state index contributed by atoms with van der Waals surface area (Å²) in [5.41, 5.74) is 3.95. The predicted octanol–water partition coefficient (Wildman–Crippen LogP) is 10.2. The van der Waals surface area contributed by atoms with Crippen LogP contribution in [0.3, 0.4) is 0 Å². The van der Waals surface area contributed by atoms with E-state index in [0.29, 0.717) is 60.9 Å². The average Bonchev–Trinajstić information content (AvgIpc) is 3.47. The smallest absolute Gasteiger partial charge is 0.334 e. The number of ether oxygens (including phenoxy) is 1. The third-order valence-electron chi connectivity index (χ3n) is 16.0. The number of esters is 1. The minimum atomic E-state index is -1.66. The number of ketones is 1. The summed E-state index contributed by atoms with van der Waals surface area (Å²) < 4.78 is 6.17. The average molecular weight is 815 g/mol. The zero-order valence-corrected chi connectivity index (χ0v) is 37.5.